The number of ether oxygens (including phenoxy) is 1. The van der Waals surface area contributed by atoms with Gasteiger partial charge in [-0.2, -0.15) is 0 Å². The molecule has 10 nitrogen and oxygen atoms in total. The maximum absolute atomic E-state index is 12.5. The molecule has 0 aliphatic carbocycles. The lowest BCUT2D eigenvalue weighted by atomic mass is 10.1. The van der Waals surface area contributed by atoms with Gasteiger partial charge in [0.15, 0.2) is 5.82 Å². The van der Waals surface area contributed by atoms with E-state index in [0.29, 0.717) is 47.5 Å². The number of esters is 1. The second-order valence-corrected chi connectivity index (χ2v) is 8.19. The third kappa shape index (κ3) is 5.79. The minimum atomic E-state index is -0.368. The van der Waals surface area contributed by atoms with E-state index >= 15 is 0 Å². The molecular formula is C25H24N8O2. The first-order valence-electron chi connectivity index (χ1n) is 11.3. The van der Waals surface area contributed by atoms with E-state index < -0.39 is 0 Å². The molecule has 1 aliphatic heterocycles. The van der Waals surface area contributed by atoms with Gasteiger partial charge >= 0.3 is 5.97 Å². The van der Waals surface area contributed by atoms with Crippen LogP contribution in [-0.4, -0.2) is 55.1 Å². The van der Waals surface area contributed by atoms with Crippen molar-refractivity contribution in [3.8, 4) is 11.5 Å². The van der Waals surface area contributed by atoms with Crippen LogP contribution in [0.4, 0.5) is 11.6 Å². The molecule has 0 unspecified atom stereocenters. The van der Waals surface area contributed by atoms with Gasteiger partial charge in [-0.05, 0) is 55.8 Å². The summed E-state index contributed by atoms with van der Waals surface area (Å²) in [5, 5.41) is 6.38. The Morgan fingerprint density at radius 3 is 2.77 bits per heavy atom. The maximum atomic E-state index is 12.5. The molecule has 2 N–H and O–H groups in total. The van der Waals surface area contributed by atoms with Crippen molar-refractivity contribution in [1.29, 1.82) is 0 Å². The fourth-order valence-electron chi connectivity index (χ4n) is 3.73. The normalized spacial score (nSPS) is 15.1. The van der Waals surface area contributed by atoms with Gasteiger partial charge in [0.1, 0.15) is 29.3 Å². The summed E-state index contributed by atoms with van der Waals surface area (Å²) in [5.74, 6) is 1.92. The van der Waals surface area contributed by atoms with Gasteiger partial charge in [-0.15, -0.1) is 0 Å². The first kappa shape index (κ1) is 22.5. The largest absolute Gasteiger partial charge is 0.457 e. The van der Waals surface area contributed by atoms with E-state index in [1.807, 2.05) is 25.1 Å². The molecule has 0 aromatic carbocycles. The van der Waals surface area contributed by atoms with Crippen LogP contribution < -0.4 is 10.6 Å². The molecule has 176 valence electrons. The lowest BCUT2D eigenvalue weighted by Crippen LogP contribution is -2.21. The Morgan fingerprint density at radius 1 is 1.09 bits per heavy atom. The van der Waals surface area contributed by atoms with E-state index in [0.717, 1.165) is 24.2 Å². The van der Waals surface area contributed by atoms with Gasteiger partial charge in [0.05, 0.1) is 5.56 Å². The third-order valence-electron chi connectivity index (χ3n) is 5.42. The van der Waals surface area contributed by atoms with Gasteiger partial charge < -0.3 is 15.4 Å². The third-order valence-corrected chi connectivity index (χ3v) is 5.42. The zero-order chi connectivity index (χ0) is 24.0. The molecule has 10 heteroatoms. The Balaban J connectivity index is 1.28. The number of pyridine rings is 2. The molecule has 0 amide bonds. The van der Waals surface area contributed by atoms with Crippen molar-refractivity contribution in [3.63, 3.8) is 0 Å². The van der Waals surface area contributed by atoms with Gasteiger partial charge in [0, 0.05) is 43.4 Å². The molecule has 0 saturated carbocycles. The smallest absolute Gasteiger partial charge is 0.340 e. The average Bonchev–Trinajstić information content (AvgIpc) is 3.38. The molecule has 1 fully saturated rings. The number of rotatable bonds is 7. The number of nitrogens with zero attached hydrogens (tertiary/aromatic N) is 6. The van der Waals surface area contributed by atoms with Gasteiger partial charge in [0.25, 0.3) is 0 Å². The molecule has 4 aromatic rings. The number of aromatic nitrogens is 6. The van der Waals surface area contributed by atoms with E-state index in [1.165, 1.54) is 6.20 Å². The molecule has 0 radical (unpaired) electrons. The van der Waals surface area contributed by atoms with Crippen molar-refractivity contribution in [1.82, 2.24) is 35.2 Å². The summed E-state index contributed by atoms with van der Waals surface area (Å²) in [5.41, 5.74) is 2.83. The molecule has 5 heterocycles. The van der Waals surface area contributed by atoms with E-state index in [-0.39, 0.29) is 12.1 Å². The molecule has 0 bridgehead atoms. The highest BCUT2D eigenvalue weighted by atomic mass is 16.5. The fraction of sp³-hybridized carbons (Fsp3) is 0.240. The first-order valence-corrected chi connectivity index (χ1v) is 11.3. The van der Waals surface area contributed by atoms with Crippen LogP contribution >= 0.6 is 0 Å². The molecule has 5 rings (SSSR count). The molecule has 1 aliphatic rings. The predicted octanol–water partition coefficient (Wildman–Crippen LogP) is 2.89. The van der Waals surface area contributed by atoms with E-state index in [1.54, 1.807) is 36.8 Å². The summed E-state index contributed by atoms with van der Waals surface area (Å²) in [4.78, 5) is 39.0. The zero-order valence-corrected chi connectivity index (χ0v) is 19.2. The van der Waals surface area contributed by atoms with E-state index in [4.69, 9.17) is 4.74 Å². The van der Waals surface area contributed by atoms with Crippen LogP contribution in [0, 0.1) is 6.92 Å². The number of carbonyl (C=O) groups is 1. The van der Waals surface area contributed by atoms with Crippen molar-refractivity contribution in [2.45, 2.75) is 25.9 Å². The minimum Gasteiger partial charge on any atom is -0.457 e. The lowest BCUT2D eigenvalue weighted by Gasteiger charge is -2.11. The van der Waals surface area contributed by atoms with Crippen LogP contribution in [0.3, 0.4) is 0 Å². The molecular weight excluding hydrogens is 444 g/mol. The molecule has 1 saturated heterocycles. The summed E-state index contributed by atoms with van der Waals surface area (Å²) in [6.07, 6.45) is 7.70. The Bertz CT molecular complexity index is 1340. The van der Waals surface area contributed by atoms with Crippen LogP contribution in [0.1, 0.15) is 33.9 Å². The van der Waals surface area contributed by atoms with Gasteiger partial charge in [-0.1, -0.05) is 6.07 Å². The van der Waals surface area contributed by atoms with E-state index in [9.17, 15) is 4.79 Å². The van der Waals surface area contributed by atoms with Crippen molar-refractivity contribution < 1.29 is 9.53 Å². The topological polar surface area (TPSA) is 128 Å². The minimum absolute atomic E-state index is 0.0961. The van der Waals surface area contributed by atoms with E-state index in [2.05, 4.69) is 40.5 Å². The van der Waals surface area contributed by atoms with Crippen LogP contribution in [0.5, 0.6) is 0 Å². The van der Waals surface area contributed by atoms with Gasteiger partial charge in [-0.3, -0.25) is 4.98 Å². The maximum Gasteiger partial charge on any atom is 0.340 e. The summed E-state index contributed by atoms with van der Waals surface area (Å²) >= 11 is 0. The summed E-state index contributed by atoms with van der Waals surface area (Å²) in [7, 11) is 0. The Hall–Kier alpha value is -4.31. The second-order valence-electron chi connectivity index (χ2n) is 8.19. The van der Waals surface area contributed by atoms with Crippen LogP contribution in [0.2, 0.25) is 0 Å². The summed E-state index contributed by atoms with van der Waals surface area (Å²) in [6.45, 7) is 3.47. The molecule has 1 atom stereocenters. The molecule has 35 heavy (non-hydrogen) atoms. The number of aryl methyl sites for hydroxylation is 1. The van der Waals surface area contributed by atoms with Crippen molar-refractivity contribution in [3.05, 3.63) is 83.8 Å². The number of anilines is 2. The van der Waals surface area contributed by atoms with Crippen molar-refractivity contribution in [2.75, 3.05) is 18.4 Å². The average molecular weight is 469 g/mol. The molecule has 0 spiro atoms. The number of carbonyl (C=O) groups excluding carboxylic acids is 1. The van der Waals surface area contributed by atoms with Crippen LogP contribution in [-0.2, 0) is 11.2 Å². The highest BCUT2D eigenvalue weighted by molar-refractivity contribution is 5.89. The Morgan fingerprint density at radius 2 is 1.94 bits per heavy atom. The quantitative estimate of drug-likeness (QED) is 0.391. The van der Waals surface area contributed by atoms with Crippen LogP contribution in [0.25, 0.3) is 11.5 Å². The Kier molecular flexibility index (Phi) is 6.62. The van der Waals surface area contributed by atoms with Gasteiger partial charge in [-0.25, -0.2) is 29.7 Å². The second kappa shape index (κ2) is 10.3. The molecule has 4 aromatic heterocycles. The standard InChI is InChI=1S/C25H24N8O2/c1-16-3-2-4-20(30-16)24-29-10-7-22(33-24)31-21-6-9-28-23(32-21)12-17-11-18(14-27-13-17)25(34)35-19-5-8-26-15-19/h2-4,6-7,9-11,13-14,19,26H,5,8,12,15H2,1H3,(H,28,29,31,32,33)/t19-/m0/s1. The number of nitrogens with one attached hydrogen (secondary N) is 2. The zero-order valence-electron chi connectivity index (χ0n) is 19.2. The van der Waals surface area contributed by atoms with Crippen LogP contribution in [0.15, 0.2) is 61.2 Å². The lowest BCUT2D eigenvalue weighted by molar-refractivity contribution is 0.0344. The highest BCUT2D eigenvalue weighted by Crippen LogP contribution is 2.18. The predicted molar refractivity (Wildman–Crippen MR) is 129 cm³/mol. The highest BCUT2D eigenvalue weighted by Gasteiger charge is 2.20. The monoisotopic (exact) mass is 468 g/mol. The summed E-state index contributed by atoms with van der Waals surface area (Å²) < 4.78 is 5.54. The number of hydrogen-bond acceptors (Lipinski definition) is 10. The van der Waals surface area contributed by atoms with Crippen molar-refractivity contribution >= 4 is 17.6 Å². The van der Waals surface area contributed by atoms with Gasteiger partial charge in [0.2, 0.25) is 0 Å². The fourth-order valence-corrected chi connectivity index (χ4v) is 3.73. The SMILES string of the molecule is Cc1cccc(-c2nccc(Nc3ccnc(Cc4cncc(C(=O)O[C@H]5CCNC5)c4)n3)n2)n1. The summed E-state index contributed by atoms with van der Waals surface area (Å²) in [6, 6.07) is 11.0. The Labute approximate surface area is 202 Å². The first-order chi connectivity index (χ1) is 17.1. The number of hydrogen-bond donors (Lipinski definition) is 2. The van der Waals surface area contributed by atoms with Crippen molar-refractivity contribution in [2.24, 2.45) is 0 Å².